The molecular formula is C15H13BrClNOS. The molecule has 1 saturated carbocycles. The van der Waals surface area contributed by atoms with E-state index in [0.29, 0.717) is 23.2 Å². The summed E-state index contributed by atoms with van der Waals surface area (Å²) in [5.41, 5.74) is 1.88. The van der Waals surface area contributed by atoms with E-state index in [2.05, 4.69) is 27.4 Å². The fraction of sp³-hybridized carbons (Fsp3) is 0.267. The zero-order valence-corrected chi connectivity index (χ0v) is 13.8. The van der Waals surface area contributed by atoms with Crippen LogP contribution in [0.25, 0.3) is 0 Å². The van der Waals surface area contributed by atoms with E-state index in [1.807, 2.05) is 10.3 Å². The number of hydrogen-bond donors (Lipinski definition) is 0. The summed E-state index contributed by atoms with van der Waals surface area (Å²) in [6, 6.07) is 7.81. The molecule has 0 spiro atoms. The maximum absolute atomic E-state index is 12.7. The Morgan fingerprint density at radius 2 is 2.20 bits per heavy atom. The molecular weight excluding hydrogens is 358 g/mol. The van der Waals surface area contributed by atoms with Gasteiger partial charge in [0.1, 0.15) is 0 Å². The molecule has 20 heavy (non-hydrogen) atoms. The summed E-state index contributed by atoms with van der Waals surface area (Å²) in [6.07, 6.45) is 2.20. The van der Waals surface area contributed by atoms with Crippen LogP contribution in [0.15, 0.2) is 39.5 Å². The van der Waals surface area contributed by atoms with Gasteiger partial charge in [-0.2, -0.15) is 11.3 Å². The fourth-order valence-corrected chi connectivity index (χ4v) is 3.28. The quantitative estimate of drug-likeness (QED) is 0.744. The van der Waals surface area contributed by atoms with Gasteiger partial charge in [-0.05, 0) is 69.4 Å². The largest absolute Gasteiger partial charge is 0.331 e. The molecule has 0 aliphatic heterocycles. The zero-order chi connectivity index (χ0) is 14.1. The van der Waals surface area contributed by atoms with Crippen molar-refractivity contribution in [3.05, 3.63) is 55.6 Å². The second-order valence-electron chi connectivity index (χ2n) is 4.92. The van der Waals surface area contributed by atoms with Gasteiger partial charge in [-0.25, -0.2) is 0 Å². The standard InChI is InChI=1S/C15H13BrClNOS/c16-13-7-11(1-4-14(13)17)15(19)18(12-2-3-12)8-10-5-6-20-9-10/h1,4-7,9,12H,2-3,8H2. The van der Waals surface area contributed by atoms with E-state index >= 15 is 0 Å². The van der Waals surface area contributed by atoms with Crippen molar-refractivity contribution in [3.8, 4) is 0 Å². The molecule has 0 saturated heterocycles. The van der Waals surface area contributed by atoms with Gasteiger partial charge < -0.3 is 4.90 Å². The molecule has 0 unspecified atom stereocenters. The van der Waals surface area contributed by atoms with Crippen molar-refractivity contribution in [3.63, 3.8) is 0 Å². The first-order valence-electron chi connectivity index (χ1n) is 6.42. The number of carbonyl (C=O) groups is 1. The molecule has 2 aromatic rings. The number of thiophene rings is 1. The van der Waals surface area contributed by atoms with E-state index in [1.165, 1.54) is 5.56 Å². The maximum Gasteiger partial charge on any atom is 0.254 e. The molecule has 1 aliphatic rings. The van der Waals surface area contributed by atoms with Gasteiger partial charge in [0.2, 0.25) is 0 Å². The highest BCUT2D eigenvalue weighted by Crippen LogP contribution is 2.31. The monoisotopic (exact) mass is 369 g/mol. The number of benzene rings is 1. The van der Waals surface area contributed by atoms with E-state index in [4.69, 9.17) is 11.6 Å². The van der Waals surface area contributed by atoms with Crippen molar-refractivity contribution in [2.75, 3.05) is 0 Å². The maximum atomic E-state index is 12.7. The minimum absolute atomic E-state index is 0.0797. The Balaban J connectivity index is 1.83. The van der Waals surface area contributed by atoms with Gasteiger partial charge in [-0.3, -0.25) is 4.79 Å². The van der Waals surface area contributed by atoms with Crippen molar-refractivity contribution in [1.82, 2.24) is 4.90 Å². The predicted molar refractivity (Wildman–Crippen MR) is 86.4 cm³/mol. The summed E-state index contributed by atoms with van der Waals surface area (Å²) in [4.78, 5) is 14.7. The minimum atomic E-state index is 0.0797. The lowest BCUT2D eigenvalue weighted by Gasteiger charge is -2.22. The lowest BCUT2D eigenvalue weighted by atomic mass is 10.2. The third-order valence-electron chi connectivity index (χ3n) is 3.35. The Labute approximate surface area is 135 Å². The van der Waals surface area contributed by atoms with Crippen molar-refractivity contribution in [1.29, 1.82) is 0 Å². The average Bonchev–Trinajstić information content (AvgIpc) is 3.15. The fourth-order valence-electron chi connectivity index (χ4n) is 2.13. The smallest absolute Gasteiger partial charge is 0.254 e. The molecule has 1 aromatic heterocycles. The van der Waals surface area contributed by atoms with E-state index < -0.39 is 0 Å². The van der Waals surface area contributed by atoms with Gasteiger partial charge in [0.15, 0.2) is 0 Å². The molecule has 0 radical (unpaired) electrons. The second-order valence-corrected chi connectivity index (χ2v) is 6.97. The summed E-state index contributed by atoms with van der Waals surface area (Å²) < 4.78 is 0.760. The third kappa shape index (κ3) is 3.08. The molecule has 2 nitrogen and oxygen atoms in total. The summed E-state index contributed by atoms with van der Waals surface area (Å²) in [5.74, 6) is 0.0797. The molecule has 3 rings (SSSR count). The summed E-state index contributed by atoms with van der Waals surface area (Å²) in [7, 11) is 0. The second kappa shape index (κ2) is 5.88. The van der Waals surface area contributed by atoms with Crippen LogP contribution in [0, 0.1) is 0 Å². The molecule has 0 bridgehead atoms. The van der Waals surface area contributed by atoms with Crippen LogP contribution in [0.2, 0.25) is 5.02 Å². The molecule has 1 fully saturated rings. The Morgan fingerprint density at radius 1 is 1.40 bits per heavy atom. The minimum Gasteiger partial charge on any atom is -0.331 e. The van der Waals surface area contributed by atoms with Crippen molar-refractivity contribution in [2.24, 2.45) is 0 Å². The van der Waals surface area contributed by atoms with Gasteiger partial charge in [0.05, 0.1) is 5.02 Å². The first-order chi connectivity index (χ1) is 9.65. The van der Waals surface area contributed by atoms with E-state index in [0.717, 1.165) is 17.3 Å². The highest BCUT2D eigenvalue weighted by Gasteiger charge is 2.33. The van der Waals surface area contributed by atoms with E-state index in [1.54, 1.807) is 29.5 Å². The van der Waals surface area contributed by atoms with Crippen molar-refractivity contribution >= 4 is 44.8 Å². The summed E-state index contributed by atoms with van der Waals surface area (Å²) in [6.45, 7) is 0.688. The van der Waals surface area contributed by atoms with Gasteiger partial charge in [-0.15, -0.1) is 0 Å². The summed E-state index contributed by atoms with van der Waals surface area (Å²) in [5, 5.41) is 4.77. The van der Waals surface area contributed by atoms with Gasteiger partial charge in [0, 0.05) is 22.6 Å². The average molecular weight is 371 g/mol. The molecule has 1 aliphatic carbocycles. The topological polar surface area (TPSA) is 20.3 Å². The highest BCUT2D eigenvalue weighted by atomic mass is 79.9. The highest BCUT2D eigenvalue weighted by molar-refractivity contribution is 9.10. The molecule has 1 heterocycles. The number of rotatable bonds is 4. The first kappa shape index (κ1) is 14.1. The molecule has 5 heteroatoms. The Kier molecular flexibility index (Phi) is 4.15. The van der Waals surface area contributed by atoms with Crippen LogP contribution in [0.1, 0.15) is 28.8 Å². The van der Waals surface area contributed by atoms with E-state index in [9.17, 15) is 4.79 Å². The van der Waals surface area contributed by atoms with Gasteiger partial charge >= 0.3 is 0 Å². The van der Waals surface area contributed by atoms with Gasteiger partial charge in [0.25, 0.3) is 5.91 Å². The third-order valence-corrected chi connectivity index (χ3v) is 5.29. The number of carbonyl (C=O) groups excluding carboxylic acids is 1. The first-order valence-corrected chi connectivity index (χ1v) is 8.53. The molecule has 1 amide bonds. The lowest BCUT2D eigenvalue weighted by Crippen LogP contribution is -2.32. The predicted octanol–water partition coefficient (Wildman–Crippen LogP) is 4.97. The molecule has 0 N–H and O–H groups in total. The van der Waals surface area contributed by atoms with Crippen LogP contribution in [-0.2, 0) is 6.54 Å². The lowest BCUT2D eigenvalue weighted by molar-refractivity contribution is 0.0730. The number of halogens is 2. The normalized spacial score (nSPS) is 14.3. The number of nitrogens with zero attached hydrogens (tertiary/aromatic N) is 1. The molecule has 0 atom stereocenters. The van der Waals surface area contributed by atoms with Crippen LogP contribution in [0.3, 0.4) is 0 Å². The van der Waals surface area contributed by atoms with Crippen LogP contribution < -0.4 is 0 Å². The van der Waals surface area contributed by atoms with Crippen LogP contribution in [0.5, 0.6) is 0 Å². The summed E-state index contributed by atoms with van der Waals surface area (Å²) >= 11 is 11.0. The number of hydrogen-bond acceptors (Lipinski definition) is 2. The zero-order valence-electron chi connectivity index (χ0n) is 10.7. The van der Waals surface area contributed by atoms with Crippen LogP contribution >= 0.6 is 38.9 Å². The Morgan fingerprint density at radius 3 is 2.80 bits per heavy atom. The number of amides is 1. The Hall–Kier alpha value is -0.840. The van der Waals surface area contributed by atoms with Crippen LogP contribution in [0.4, 0.5) is 0 Å². The molecule has 1 aromatic carbocycles. The van der Waals surface area contributed by atoms with Crippen molar-refractivity contribution < 1.29 is 4.79 Å². The van der Waals surface area contributed by atoms with Gasteiger partial charge in [-0.1, -0.05) is 11.6 Å². The Bertz CT molecular complexity index is 625. The van der Waals surface area contributed by atoms with Crippen LogP contribution in [-0.4, -0.2) is 16.8 Å². The van der Waals surface area contributed by atoms with Crippen molar-refractivity contribution in [2.45, 2.75) is 25.4 Å². The van der Waals surface area contributed by atoms with E-state index in [-0.39, 0.29) is 5.91 Å². The molecule has 104 valence electrons. The SMILES string of the molecule is O=C(c1ccc(Cl)c(Br)c1)N(Cc1ccsc1)C1CC1.